The number of methoxy groups -OCH3 is 1. The minimum Gasteiger partial charge on any atom is -0.480 e. The molecule has 1 saturated heterocycles. The molecule has 0 aromatic carbocycles. The van der Waals surface area contributed by atoms with Crippen molar-refractivity contribution in [3.63, 3.8) is 0 Å². The molecular formula is C12H23NO4. The van der Waals surface area contributed by atoms with Crippen molar-refractivity contribution in [2.45, 2.75) is 38.3 Å². The fourth-order valence-corrected chi connectivity index (χ4v) is 2.70. The SMILES string of the molecule is CCN(C(C)COC)C1(C(=O)O)CCOCC1. The summed E-state index contributed by atoms with van der Waals surface area (Å²) in [6.07, 6.45) is 1.09. The Morgan fingerprint density at radius 1 is 1.53 bits per heavy atom. The third-order valence-electron chi connectivity index (χ3n) is 3.55. The number of hydrogen-bond donors (Lipinski definition) is 1. The van der Waals surface area contributed by atoms with Gasteiger partial charge in [-0.3, -0.25) is 9.69 Å². The van der Waals surface area contributed by atoms with Crippen LogP contribution in [-0.2, 0) is 14.3 Å². The lowest BCUT2D eigenvalue weighted by Crippen LogP contribution is -2.61. The van der Waals surface area contributed by atoms with Gasteiger partial charge in [0.2, 0.25) is 0 Å². The highest BCUT2D eigenvalue weighted by molar-refractivity contribution is 5.79. The van der Waals surface area contributed by atoms with Gasteiger partial charge in [-0.2, -0.15) is 0 Å². The summed E-state index contributed by atoms with van der Waals surface area (Å²) in [5.41, 5.74) is -0.787. The molecule has 0 radical (unpaired) electrons. The summed E-state index contributed by atoms with van der Waals surface area (Å²) in [5, 5.41) is 9.57. The van der Waals surface area contributed by atoms with Crippen LogP contribution in [0, 0.1) is 0 Å². The van der Waals surface area contributed by atoms with E-state index in [0.29, 0.717) is 39.2 Å². The number of nitrogens with zero attached hydrogens (tertiary/aromatic N) is 1. The molecule has 1 atom stereocenters. The highest BCUT2D eigenvalue weighted by Gasteiger charge is 2.46. The summed E-state index contributed by atoms with van der Waals surface area (Å²) in [4.78, 5) is 13.7. The molecular weight excluding hydrogens is 222 g/mol. The van der Waals surface area contributed by atoms with Crippen molar-refractivity contribution in [2.24, 2.45) is 0 Å². The Bertz CT molecular complexity index is 251. The summed E-state index contributed by atoms with van der Waals surface area (Å²) in [6.45, 7) is 6.28. The van der Waals surface area contributed by atoms with Crippen molar-refractivity contribution in [3.05, 3.63) is 0 Å². The van der Waals surface area contributed by atoms with E-state index in [2.05, 4.69) is 0 Å². The molecule has 0 saturated carbocycles. The number of carboxylic acid groups (broad SMARTS) is 1. The number of rotatable bonds is 6. The molecule has 1 aliphatic rings. The lowest BCUT2D eigenvalue weighted by Gasteiger charge is -2.45. The van der Waals surface area contributed by atoms with Gasteiger partial charge >= 0.3 is 5.97 Å². The van der Waals surface area contributed by atoms with Gasteiger partial charge in [0, 0.05) is 26.4 Å². The molecule has 5 heteroatoms. The second kappa shape index (κ2) is 6.33. The maximum Gasteiger partial charge on any atom is 0.324 e. The Kier molecular flexibility index (Phi) is 5.36. The molecule has 1 heterocycles. The number of aliphatic carboxylic acids is 1. The quantitative estimate of drug-likeness (QED) is 0.756. The van der Waals surface area contributed by atoms with Crippen molar-refractivity contribution in [1.29, 1.82) is 0 Å². The maximum atomic E-state index is 11.6. The first-order chi connectivity index (χ1) is 8.08. The zero-order chi connectivity index (χ0) is 12.9. The van der Waals surface area contributed by atoms with E-state index < -0.39 is 11.5 Å². The van der Waals surface area contributed by atoms with Crippen molar-refractivity contribution in [2.75, 3.05) is 33.5 Å². The first-order valence-corrected chi connectivity index (χ1v) is 6.15. The van der Waals surface area contributed by atoms with Crippen LogP contribution >= 0.6 is 0 Å². The Hall–Kier alpha value is -0.650. The Morgan fingerprint density at radius 2 is 2.12 bits per heavy atom. The van der Waals surface area contributed by atoms with Gasteiger partial charge in [0.1, 0.15) is 5.54 Å². The molecule has 1 unspecified atom stereocenters. The third kappa shape index (κ3) is 2.97. The minimum absolute atomic E-state index is 0.0965. The first-order valence-electron chi connectivity index (χ1n) is 6.15. The van der Waals surface area contributed by atoms with Crippen molar-refractivity contribution < 1.29 is 19.4 Å². The molecule has 17 heavy (non-hydrogen) atoms. The average Bonchev–Trinajstić information content (AvgIpc) is 2.31. The molecule has 1 N–H and O–H groups in total. The van der Waals surface area contributed by atoms with Crippen LogP contribution in [0.5, 0.6) is 0 Å². The Balaban J connectivity index is 2.89. The molecule has 5 nitrogen and oxygen atoms in total. The molecule has 0 bridgehead atoms. The van der Waals surface area contributed by atoms with Crippen molar-refractivity contribution in [1.82, 2.24) is 4.90 Å². The van der Waals surface area contributed by atoms with Gasteiger partial charge in [-0.15, -0.1) is 0 Å². The Labute approximate surface area is 103 Å². The molecule has 0 spiro atoms. The smallest absolute Gasteiger partial charge is 0.324 e. The number of carbonyl (C=O) groups is 1. The summed E-state index contributed by atoms with van der Waals surface area (Å²) in [6, 6.07) is 0.0965. The van der Waals surface area contributed by atoms with Crippen LogP contribution in [0.25, 0.3) is 0 Å². The predicted octanol–water partition coefficient (Wildman–Crippen LogP) is 0.977. The van der Waals surface area contributed by atoms with Crippen LogP contribution in [0.3, 0.4) is 0 Å². The summed E-state index contributed by atoms with van der Waals surface area (Å²) >= 11 is 0. The van der Waals surface area contributed by atoms with Crippen LogP contribution < -0.4 is 0 Å². The van der Waals surface area contributed by atoms with Gasteiger partial charge in [0.25, 0.3) is 0 Å². The highest BCUT2D eigenvalue weighted by atomic mass is 16.5. The second-order valence-electron chi connectivity index (χ2n) is 4.54. The lowest BCUT2D eigenvalue weighted by molar-refractivity contribution is -0.162. The number of carboxylic acids is 1. The standard InChI is InChI=1S/C12H23NO4/c1-4-13(10(2)9-16-3)12(11(14)15)5-7-17-8-6-12/h10H,4-9H2,1-3H3,(H,14,15). The van der Waals surface area contributed by atoms with Crippen LogP contribution in [0.4, 0.5) is 0 Å². The van der Waals surface area contributed by atoms with Crippen LogP contribution in [0.2, 0.25) is 0 Å². The lowest BCUT2D eigenvalue weighted by atomic mass is 9.86. The fraction of sp³-hybridized carbons (Fsp3) is 0.917. The van der Waals surface area contributed by atoms with Gasteiger partial charge in [0.05, 0.1) is 6.61 Å². The van der Waals surface area contributed by atoms with Gasteiger partial charge in [0.15, 0.2) is 0 Å². The van der Waals surface area contributed by atoms with Gasteiger partial charge in [-0.25, -0.2) is 0 Å². The largest absolute Gasteiger partial charge is 0.480 e. The van der Waals surface area contributed by atoms with E-state index in [9.17, 15) is 9.90 Å². The van der Waals surface area contributed by atoms with Gasteiger partial charge < -0.3 is 14.6 Å². The normalized spacial score (nSPS) is 21.4. The highest BCUT2D eigenvalue weighted by Crippen LogP contribution is 2.30. The molecule has 0 aromatic heterocycles. The molecule has 0 aromatic rings. The van der Waals surface area contributed by atoms with E-state index in [1.54, 1.807) is 7.11 Å². The number of hydrogen-bond acceptors (Lipinski definition) is 4. The van der Waals surface area contributed by atoms with Crippen molar-refractivity contribution >= 4 is 5.97 Å². The van der Waals surface area contributed by atoms with E-state index in [1.165, 1.54) is 0 Å². The Morgan fingerprint density at radius 3 is 2.53 bits per heavy atom. The van der Waals surface area contributed by atoms with Crippen LogP contribution in [-0.4, -0.2) is 61.0 Å². The van der Waals surface area contributed by atoms with Crippen LogP contribution in [0.1, 0.15) is 26.7 Å². The molecule has 0 amide bonds. The molecule has 1 rings (SSSR count). The minimum atomic E-state index is -0.787. The average molecular weight is 245 g/mol. The topological polar surface area (TPSA) is 59.0 Å². The van der Waals surface area contributed by atoms with Crippen LogP contribution in [0.15, 0.2) is 0 Å². The summed E-state index contributed by atoms with van der Waals surface area (Å²) in [7, 11) is 1.64. The van der Waals surface area contributed by atoms with E-state index in [0.717, 1.165) is 0 Å². The maximum absolute atomic E-state index is 11.6. The van der Waals surface area contributed by atoms with E-state index in [1.807, 2.05) is 18.7 Å². The second-order valence-corrected chi connectivity index (χ2v) is 4.54. The number of ether oxygens (including phenoxy) is 2. The van der Waals surface area contributed by atoms with Gasteiger partial charge in [-0.05, 0) is 26.3 Å². The number of likely N-dealkylation sites (N-methyl/N-ethyl adjacent to an activating group) is 1. The van der Waals surface area contributed by atoms with E-state index >= 15 is 0 Å². The zero-order valence-corrected chi connectivity index (χ0v) is 10.9. The predicted molar refractivity (Wildman–Crippen MR) is 64.1 cm³/mol. The van der Waals surface area contributed by atoms with Crippen molar-refractivity contribution in [3.8, 4) is 0 Å². The summed E-state index contributed by atoms with van der Waals surface area (Å²) in [5.74, 6) is -0.745. The zero-order valence-electron chi connectivity index (χ0n) is 10.9. The fourth-order valence-electron chi connectivity index (χ4n) is 2.70. The molecule has 1 aliphatic heterocycles. The van der Waals surface area contributed by atoms with E-state index in [4.69, 9.17) is 9.47 Å². The van der Waals surface area contributed by atoms with E-state index in [-0.39, 0.29) is 6.04 Å². The first kappa shape index (κ1) is 14.4. The van der Waals surface area contributed by atoms with Gasteiger partial charge in [-0.1, -0.05) is 6.92 Å². The summed E-state index contributed by atoms with van der Waals surface area (Å²) < 4.78 is 10.4. The third-order valence-corrected chi connectivity index (χ3v) is 3.55. The monoisotopic (exact) mass is 245 g/mol. The molecule has 0 aliphatic carbocycles. The molecule has 1 fully saturated rings. The molecule has 100 valence electrons.